The summed E-state index contributed by atoms with van der Waals surface area (Å²) in [6, 6.07) is 0. The zero-order valence-electron chi connectivity index (χ0n) is 5.51. The van der Waals surface area contributed by atoms with E-state index < -0.39 is 8.80 Å². The van der Waals surface area contributed by atoms with Crippen molar-refractivity contribution in [3.8, 4) is 0 Å². The third-order valence-electron chi connectivity index (χ3n) is 0.961. The van der Waals surface area contributed by atoms with Gasteiger partial charge in [-0.15, -0.1) is 0 Å². The molecule has 0 spiro atoms. The van der Waals surface area contributed by atoms with Crippen LogP contribution in [0.25, 0.3) is 0 Å². The van der Waals surface area contributed by atoms with Crippen LogP contribution in [-0.2, 0) is 13.0 Å². The van der Waals surface area contributed by atoms with Crippen molar-refractivity contribution in [1.29, 1.82) is 0 Å². The molecule has 9 heavy (non-hydrogen) atoms. The highest BCUT2D eigenvalue weighted by atomic mass is 28.4. The summed E-state index contributed by atoms with van der Waals surface area (Å²) in [4.78, 5) is 0. The van der Waals surface area contributed by atoms with E-state index in [1.54, 1.807) is 0 Å². The Morgan fingerprint density at radius 3 is 1.89 bits per heavy atom. The maximum atomic E-state index is 4.91. The molecule has 0 atom stereocenters. The standard InChI is InChI=1S/C4H9O3Si2/c1-4-9(5-2,6-3)7-8/h4H,1H2,2-3H3. The van der Waals surface area contributed by atoms with Gasteiger partial charge in [-0.05, 0) is 5.70 Å². The predicted molar refractivity (Wildman–Crippen MR) is 36.8 cm³/mol. The largest absolute Gasteiger partial charge is 0.517 e. The van der Waals surface area contributed by atoms with E-state index in [1.165, 1.54) is 19.9 Å². The lowest BCUT2D eigenvalue weighted by Crippen LogP contribution is -2.41. The quantitative estimate of drug-likeness (QED) is 0.545. The normalized spacial score (nSPS) is 11.4. The van der Waals surface area contributed by atoms with E-state index in [4.69, 9.17) is 13.0 Å². The molecule has 3 radical (unpaired) electrons. The molecule has 0 heterocycles. The second kappa shape index (κ2) is 3.96. The van der Waals surface area contributed by atoms with Gasteiger partial charge in [-0.25, -0.2) is 0 Å². The van der Waals surface area contributed by atoms with Crippen LogP contribution in [0, 0.1) is 0 Å². The Morgan fingerprint density at radius 2 is 1.89 bits per heavy atom. The Morgan fingerprint density at radius 1 is 1.44 bits per heavy atom. The summed E-state index contributed by atoms with van der Waals surface area (Å²) in [5.74, 6) is 0. The Bertz CT molecular complexity index is 83.5. The van der Waals surface area contributed by atoms with Gasteiger partial charge in [0.2, 0.25) is 10.5 Å². The molecule has 0 bridgehead atoms. The summed E-state index contributed by atoms with van der Waals surface area (Å²) < 4.78 is 14.6. The molecule has 0 aliphatic rings. The Hall–Kier alpha value is 0.0538. The second-order valence-corrected chi connectivity index (χ2v) is 4.57. The number of hydrogen-bond acceptors (Lipinski definition) is 3. The maximum Gasteiger partial charge on any atom is 0.517 e. The minimum absolute atomic E-state index is 1.51. The van der Waals surface area contributed by atoms with E-state index in [1.807, 2.05) is 0 Å². The van der Waals surface area contributed by atoms with Crippen molar-refractivity contribution in [3.63, 3.8) is 0 Å². The van der Waals surface area contributed by atoms with Crippen molar-refractivity contribution in [1.82, 2.24) is 0 Å². The van der Waals surface area contributed by atoms with Crippen molar-refractivity contribution in [2.24, 2.45) is 0 Å². The fraction of sp³-hybridized carbons (Fsp3) is 0.500. The van der Waals surface area contributed by atoms with Crippen LogP contribution in [0.3, 0.4) is 0 Å². The highest BCUT2D eigenvalue weighted by Crippen LogP contribution is 2.04. The first-order chi connectivity index (χ1) is 4.24. The molecule has 0 saturated heterocycles. The zero-order chi connectivity index (χ0) is 7.33. The lowest BCUT2D eigenvalue weighted by molar-refractivity contribution is 0.182. The summed E-state index contributed by atoms with van der Waals surface area (Å²) >= 11 is 0. The van der Waals surface area contributed by atoms with Gasteiger partial charge in [-0.1, -0.05) is 6.58 Å². The van der Waals surface area contributed by atoms with Crippen LogP contribution in [0.15, 0.2) is 12.3 Å². The zero-order valence-corrected chi connectivity index (χ0v) is 7.51. The van der Waals surface area contributed by atoms with Crippen LogP contribution in [0.5, 0.6) is 0 Å². The van der Waals surface area contributed by atoms with Gasteiger partial charge in [0, 0.05) is 14.2 Å². The summed E-state index contributed by atoms with van der Waals surface area (Å²) in [6.07, 6.45) is 0. The van der Waals surface area contributed by atoms with E-state index >= 15 is 0 Å². The van der Waals surface area contributed by atoms with Gasteiger partial charge in [-0.3, -0.25) is 0 Å². The third-order valence-corrected chi connectivity index (χ3v) is 3.74. The van der Waals surface area contributed by atoms with Gasteiger partial charge in [0.1, 0.15) is 0 Å². The Kier molecular flexibility index (Phi) is 3.99. The minimum atomic E-state index is -2.51. The Balaban J connectivity index is 3.98. The molecule has 3 nitrogen and oxygen atoms in total. The van der Waals surface area contributed by atoms with Crippen molar-refractivity contribution >= 4 is 19.3 Å². The molecule has 0 aromatic carbocycles. The highest BCUT2D eigenvalue weighted by molar-refractivity contribution is 6.68. The van der Waals surface area contributed by atoms with Gasteiger partial charge in [0.15, 0.2) is 0 Å². The summed E-state index contributed by atoms with van der Waals surface area (Å²) in [7, 11) is 3.35. The topological polar surface area (TPSA) is 27.7 Å². The fourth-order valence-electron chi connectivity index (χ4n) is 0.375. The molecule has 0 fully saturated rings. The Labute approximate surface area is 59.5 Å². The van der Waals surface area contributed by atoms with Crippen molar-refractivity contribution in [2.75, 3.05) is 14.2 Å². The van der Waals surface area contributed by atoms with Gasteiger partial charge >= 0.3 is 8.80 Å². The SMILES string of the molecule is C=C[Si](OC)(OC)O[Si]. The second-order valence-electron chi connectivity index (χ2n) is 1.32. The molecule has 0 unspecified atom stereocenters. The molecule has 0 aromatic rings. The lowest BCUT2D eigenvalue weighted by atomic mass is 11.3. The van der Waals surface area contributed by atoms with Gasteiger partial charge in [0.05, 0.1) is 0 Å². The minimum Gasteiger partial charge on any atom is -0.412 e. The monoisotopic (exact) mass is 161 g/mol. The predicted octanol–water partition coefficient (Wildman–Crippen LogP) is 0.0434. The summed E-state index contributed by atoms with van der Waals surface area (Å²) in [5, 5.41) is 0. The fourth-order valence-corrected chi connectivity index (χ4v) is 1.88. The lowest BCUT2D eigenvalue weighted by Gasteiger charge is -2.19. The molecule has 0 amide bonds. The van der Waals surface area contributed by atoms with E-state index in [9.17, 15) is 0 Å². The summed E-state index contributed by atoms with van der Waals surface area (Å²) in [5.41, 5.74) is 1.53. The van der Waals surface area contributed by atoms with Crippen LogP contribution >= 0.6 is 0 Å². The molecule has 0 aromatic heterocycles. The number of hydrogen-bond donors (Lipinski definition) is 0. The van der Waals surface area contributed by atoms with Gasteiger partial charge < -0.3 is 13.0 Å². The van der Waals surface area contributed by atoms with Crippen molar-refractivity contribution in [3.05, 3.63) is 12.3 Å². The first-order valence-electron chi connectivity index (χ1n) is 2.33. The van der Waals surface area contributed by atoms with Crippen LogP contribution in [0.2, 0.25) is 0 Å². The molecule has 0 aliphatic heterocycles. The smallest absolute Gasteiger partial charge is 0.412 e. The van der Waals surface area contributed by atoms with Crippen LogP contribution in [0.4, 0.5) is 0 Å². The molecule has 0 rings (SSSR count). The molecule has 0 saturated carbocycles. The third kappa shape index (κ3) is 2.03. The average Bonchev–Trinajstić information content (AvgIpc) is 1.95. The van der Waals surface area contributed by atoms with Crippen LogP contribution in [-0.4, -0.2) is 33.5 Å². The average molecular weight is 161 g/mol. The van der Waals surface area contributed by atoms with Gasteiger partial charge in [-0.2, -0.15) is 0 Å². The molecule has 51 valence electrons. The molecule has 0 N–H and O–H groups in total. The maximum absolute atomic E-state index is 4.91. The summed E-state index contributed by atoms with van der Waals surface area (Å²) in [6.45, 7) is 3.50. The number of rotatable bonds is 4. The first kappa shape index (κ1) is 9.05. The van der Waals surface area contributed by atoms with Crippen LogP contribution < -0.4 is 0 Å². The van der Waals surface area contributed by atoms with E-state index in [0.29, 0.717) is 0 Å². The molecule has 0 aliphatic carbocycles. The molecular formula is C4H9O3Si2. The van der Waals surface area contributed by atoms with Gasteiger partial charge in [0.25, 0.3) is 0 Å². The van der Waals surface area contributed by atoms with Crippen LogP contribution in [0.1, 0.15) is 0 Å². The van der Waals surface area contributed by atoms with E-state index in [2.05, 4.69) is 17.1 Å². The van der Waals surface area contributed by atoms with E-state index in [-0.39, 0.29) is 0 Å². The van der Waals surface area contributed by atoms with Crippen molar-refractivity contribution in [2.45, 2.75) is 0 Å². The molecular weight excluding hydrogens is 152 g/mol. The van der Waals surface area contributed by atoms with E-state index in [0.717, 1.165) is 0 Å². The highest BCUT2D eigenvalue weighted by Gasteiger charge is 2.32. The van der Waals surface area contributed by atoms with Crippen molar-refractivity contribution < 1.29 is 13.0 Å². The molecule has 5 heteroatoms. The first-order valence-corrected chi connectivity index (χ1v) is 4.54.